The molecule has 0 saturated heterocycles. The van der Waals surface area contributed by atoms with Crippen LogP contribution in [0, 0.1) is 6.92 Å². The molecule has 0 amide bonds. The van der Waals surface area contributed by atoms with Gasteiger partial charge in [-0.05, 0) is 35.4 Å². The summed E-state index contributed by atoms with van der Waals surface area (Å²) in [6, 6.07) is 1.69. The van der Waals surface area contributed by atoms with E-state index in [0.29, 0.717) is 17.8 Å². The van der Waals surface area contributed by atoms with Gasteiger partial charge in [-0.1, -0.05) is 6.92 Å². The lowest BCUT2D eigenvalue weighted by Gasteiger charge is -2.08. The molecule has 17 heavy (non-hydrogen) atoms. The maximum atomic E-state index is 11.3. The second-order valence-electron chi connectivity index (χ2n) is 3.47. The van der Waals surface area contributed by atoms with Crippen LogP contribution in [0.15, 0.2) is 12.3 Å². The second kappa shape index (κ2) is 4.28. The summed E-state index contributed by atoms with van der Waals surface area (Å²) in [5.41, 5.74) is 0.850. The molecule has 1 N–H and O–H groups in total. The number of carboxylic acid groups (broad SMARTS) is 1. The van der Waals surface area contributed by atoms with Crippen molar-refractivity contribution in [2.75, 3.05) is 0 Å². The minimum atomic E-state index is -1.03. The summed E-state index contributed by atoms with van der Waals surface area (Å²) in [6.07, 6.45) is 2.17. The predicted molar refractivity (Wildman–Crippen MR) is 58.0 cm³/mol. The number of aromatic nitrogens is 5. The van der Waals surface area contributed by atoms with Crippen molar-refractivity contribution in [3.63, 3.8) is 0 Å². The average Bonchev–Trinajstić information content (AvgIpc) is 2.74. The third-order valence-corrected chi connectivity index (χ3v) is 2.44. The van der Waals surface area contributed by atoms with Crippen LogP contribution in [0.1, 0.15) is 28.7 Å². The Hall–Kier alpha value is -2.31. The SMILES string of the molecule is CCc1ccnc(-n2nnnc2C)c1C(=O)O. The van der Waals surface area contributed by atoms with Crippen molar-refractivity contribution in [2.45, 2.75) is 20.3 Å². The summed E-state index contributed by atoms with van der Waals surface area (Å²) in [4.78, 5) is 15.3. The van der Waals surface area contributed by atoms with Crippen LogP contribution >= 0.6 is 0 Å². The first-order valence-electron chi connectivity index (χ1n) is 5.11. The molecular formula is C10H11N5O2. The maximum absolute atomic E-state index is 11.3. The first kappa shape index (κ1) is 11.2. The maximum Gasteiger partial charge on any atom is 0.339 e. The summed E-state index contributed by atoms with van der Waals surface area (Å²) >= 11 is 0. The minimum absolute atomic E-state index is 0.144. The number of nitrogens with zero attached hydrogens (tertiary/aromatic N) is 5. The monoisotopic (exact) mass is 233 g/mol. The van der Waals surface area contributed by atoms with Crippen LogP contribution < -0.4 is 0 Å². The predicted octanol–water partition coefficient (Wildman–Crippen LogP) is 0.626. The number of pyridine rings is 1. The fourth-order valence-electron chi connectivity index (χ4n) is 1.60. The Bertz CT molecular complexity index is 564. The van der Waals surface area contributed by atoms with Crippen LogP contribution in [0.25, 0.3) is 5.82 Å². The molecule has 2 aromatic heterocycles. The molecule has 2 heterocycles. The number of hydrogen-bond acceptors (Lipinski definition) is 5. The van der Waals surface area contributed by atoms with Crippen molar-refractivity contribution in [1.29, 1.82) is 0 Å². The molecule has 2 aromatic rings. The highest BCUT2D eigenvalue weighted by atomic mass is 16.4. The summed E-state index contributed by atoms with van der Waals surface area (Å²) in [5.74, 6) is -0.285. The Balaban J connectivity index is 2.70. The molecule has 88 valence electrons. The smallest absolute Gasteiger partial charge is 0.339 e. The van der Waals surface area contributed by atoms with Crippen molar-refractivity contribution < 1.29 is 9.90 Å². The largest absolute Gasteiger partial charge is 0.478 e. The van der Waals surface area contributed by atoms with Gasteiger partial charge in [-0.25, -0.2) is 9.78 Å². The van der Waals surface area contributed by atoms with Gasteiger partial charge in [-0.2, -0.15) is 4.68 Å². The molecule has 0 aliphatic heterocycles. The van der Waals surface area contributed by atoms with E-state index in [1.54, 1.807) is 19.2 Å². The van der Waals surface area contributed by atoms with E-state index >= 15 is 0 Å². The molecule has 0 aliphatic rings. The van der Waals surface area contributed by atoms with Gasteiger partial charge in [0, 0.05) is 6.20 Å². The van der Waals surface area contributed by atoms with Gasteiger partial charge in [0.05, 0.1) is 0 Å². The van der Waals surface area contributed by atoms with Crippen molar-refractivity contribution >= 4 is 5.97 Å². The van der Waals surface area contributed by atoms with E-state index in [1.165, 1.54) is 4.68 Å². The topological polar surface area (TPSA) is 93.8 Å². The van der Waals surface area contributed by atoms with Gasteiger partial charge in [0.2, 0.25) is 0 Å². The van der Waals surface area contributed by atoms with Crippen LogP contribution in [0.4, 0.5) is 0 Å². The summed E-state index contributed by atoms with van der Waals surface area (Å²) in [6.45, 7) is 3.57. The van der Waals surface area contributed by atoms with Gasteiger partial charge in [0.1, 0.15) is 5.56 Å². The lowest BCUT2D eigenvalue weighted by Crippen LogP contribution is -2.13. The summed E-state index contributed by atoms with van der Waals surface area (Å²) < 4.78 is 1.32. The molecule has 0 saturated carbocycles. The summed E-state index contributed by atoms with van der Waals surface area (Å²) in [5, 5.41) is 20.2. The third-order valence-electron chi connectivity index (χ3n) is 2.44. The quantitative estimate of drug-likeness (QED) is 0.835. The van der Waals surface area contributed by atoms with Gasteiger partial charge >= 0.3 is 5.97 Å². The normalized spacial score (nSPS) is 10.5. The highest BCUT2D eigenvalue weighted by molar-refractivity contribution is 5.92. The fraction of sp³-hybridized carbons (Fsp3) is 0.300. The van der Waals surface area contributed by atoms with Gasteiger partial charge in [-0.15, -0.1) is 5.10 Å². The van der Waals surface area contributed by atoms with Crippen LogP contribution in [-0.2, 0) is 6.42 Å². The van der Waals surface area contributed by atoms with Crippen molar-refractivity contribution in [2.24, 2.45) is 0 Å². The fourth-order valence-corrected chi connectivity index (χ4v) is 1.60. The number of hydrogen-bond donors (Lipinski definition) is 1. The zero-order chi connectivity index (χ0) is 12.4. The molecule has 0 unspecified atom stereocenters. The Labute approximate surface area is 97.1 Å². The van der Waals surface area contributed by atoms with E-state index in [9.17, 15) is 9.90 Å². The molecule has 0 spiro atoms. The van der Waals surface area contributed by atoms with Gasteiger partial charge < -0.3 is 5.11 Å². The van der Waals surface area contributed by atoms with Crippen LogP contribution in [0.5, 0.6) is 0 Å². The van der Waals surface area contributed by atoms with E-state index in [4.69, 9.17) is 0 Å². The zero-order valence-electron chi connectivity index (χ0n) is 9.45. The first-order valence-corrected chi connectivity index (χ1v) is 5.11. The average molecular weight is 233 g/mol. The first-order chi connectivity index (χ1) is 8.15. The van der Waals surface area contributed by atoms with Gasteiger partial charge in [0.15, 0.2) is 11.6 Å². The minimum Gasteiger partial charge on any atom is -0.478 e. The molecule has 0 fully saturated rings. The highest BCUT2D eigenvalue weighted by Gasteiger charge is 2.19. The van der Waals surface area contributed by atoms with Crippen molar-refractivity contribution in [3.05, 3.63) is 29.2 Å². The number of carboxylic acids is 1. The lowest BCUT2D eigenvalue weighted by atomic mass is 10.1. The van der Waals surface area contributed by atoms with E-state index < -0.39 is 5.97 Å². The number of tetrazole rings is 1. The number of rotatable bonds is 3. The number of aromatic carboxylic acids is 1. The van der Waals surface area contributed by atoms with Gasteiger partial charge in [-0.3, -0.25) is 0 Å². The molecule has 7 nitrogen and oxygen atoms in total. The highest BCUT2D eigenvalue weighted by Crippen LogP contribution is 2.17. The van der Waals surface area contributed by atoms with Crippen molar-refractivity contribution in [1.82, 2.24) is 25.2 Å². The number of aryl methyl sites for hydroxylation is 2. The molecule has 0 radical (unpaired) electrons. The summed E-state index contributed by atoms with van der Waals surface area (Å²) in [7, 11) is 0. The molecule has 2 rings (SSSR count). The zero-order valence-corrected chi connectivity index (χ0v) is 9.45. The standard InChI is InChI=1S/C10H11N5O2/c1-3-7-4-5-11-9(8(7)10(16)17)15-6(2)12-13-14-15/h4-5H,3H2,1-2H3,(H,16,17). The Kier molecular flexibility index (Phi) is 2.82. The lowest BCUT2D eigenvalue weighted by molar-refractivity contribution is 0.0695. The molecule has 0 atom stereocenters. The van der Waals surface area contributed by atoms with E-state index in [0.717, 1.165) is 0 Å². The molecule has 0 aromatic carbocycles. The van der Waals surface area contributed by atoms with Crippen LogP contribution in [-0.4, -0.2) is 36.3 Å². The van der Waals surface area contributed by atoms with Crippen LogP contribution in [0.3, 0.4) is 0 Å². The van der Waals surface area contributed by atoms with Crippen LogP contribution in [0.2, 0.25) is 0 Å². The van der Waals surface area contributed by atoms with E-state index in [-0.39, 0.29) is 11.4 Å². The number of carbonyl (C=O) groups is 1. The molecule has 7 heteroatoms. The van der Waals surface area contributed by atoms with Crippen molar-refractivity contribution in [3.8, 4) is 5.82 Å². The third kappa shape index (κ3) is 1.86. The van der Waals surface area contributed by atoms with E-state index in [2.05, 4.69) is 20.5 Å². The van der Waals surface area contributed by atoms with Gasteiger partial charge in [0.25, 0.3) is 0 Å². The molecule has 0 aliphatic carbocycles. The Morgan fingerprint density at radius 1 is 1.53 bits per heavy atom. The Morgan fingerprint density at radius 2 is 2.29 bits per heavy atom. The Morgan fingerprint density at radius 3 is 2.82 bits per heavy atom. The second-order valence-corrected chi connectivity index (χ2v) is 3.47. The molecular weight excluding hydrogens is 222 g/mol. The van der Waals surface area contributed by atoms with E-state index in [1.807, 2.05) is 6.92 Å². The molecule has 0 bridgehead atoms.